The van der Waals surface area contributed by atoms with Gasteiger partial charge in [-0.05, 0) is 17.8 Å². The van der Waals surface area contributed by atoms with Gasteiger partial charge in [0.1, 0.15) is 11.5 Å². The van der Waals surface area contributed by atoms with E-state index in [1.165, 1.54) is 28.8 Å². The van der Waals surface area contributed by atoms with E-state index in [9.17, 15) is 0 Å². The Bertz CT molecular complexity index is 57.5. The summed E-state index contributed by atoms with van der Waals surface area (Å²) in [5.41, 5.74) is 0. The largest absolute Gasteiger partial charge is 0.153 e. The Morgan fingerprint density at radius 2 is 2.50 bits per heavy atom. The van der Waals surface area contributed by atoms with Crippen LogP contribution in [-0.4, -0.2) is 22.3 Å². The van der Waals surface area contributed by atoms with Crippen LogP contribution in [0, 0.1) is 0 Å². The normalized spacial score (nSPS) is 30.4. The Kier molecular flexibility index (Phi) is 3.13. The lowest BCUT2D eigenvalue weighted by atomic mass is 10.6. The fraction of sp³-hybridized carbons (Fsp3) is 1.00. The molecule has 1 unspecified atom stereocenters. The SMILES string of the molecule is CC[S+]1CCCSC1. The van der Waals surface area contributed by atoms with Crippen molar-refractivity contribution in [2.45, 2.75) is 13.3 Å². The maximum Gasteiger partial charge on any atom is 0.153 e. The fourth-order valence-electron chi connectivity index (χ4n) is 0.828. The Morgan fingerprint density at radius 1 is 1.62 bits per heavy atom. The quantitative estimate of drug-likeness (QED) is 0.512. The van der Waals surface area contributed by atoms with E-state index in [1.54, 1.807) is 0 Å². The van der Waals surface area contributed by atoms with E-state index in [1.807, 2.05) is 0 Å². The van der Waals surface area contributed by atoms with Gasteiger partial charge in [0, 0.05) is 12.2 Å². The maximum absolute atomic E-state index is 2.31. The number of hydrogen-bond acceptors (Lipinski definition) is 1. The van der Waals surface area contributed by atoms with E-state index in [4.69, 9.17) is 0 Å². The number of thioether (sulfide) groups is 1. The zero-order valence-corrected chi connectivity index (χ0v) is 6.99. The molecule has 0 aromatic heterocycles. The molecule has 0 spiro atoms. The minimum Gasteiger partial charge on any atom is -0.109 e. The molecule has 0 saturated carbocycles. The Balaban J connectivity index is 2.13. The second-order valence-electron chi connectivity index (χ2n) is 1.98. The highest BCUT2D eigenvalue weighted by Gasteiger charge is 2.18. The molecular formula is C6H13S2+. The van der Waals surface area contributed by atoms with Crippen LogP contribution in [0.3, 0.4) is 0 Å². The Labute approximate surface area is 58.8 Å². The topological polar surface area (TPSA) is 0 Å². The molecule has 1 heterocycles. The van der Waals surface area contributed by atoms with Crippen molar-refractivity contribution in [3.63, 3.8) is 0 Å². The van der Waals surface area contributed by atoms with Gasteiger partial charge in [0.2, 0.25) is 0 Å². The molecular weight excluding hydrogens is 136 g/mol. The van der Waals surface area contributed by atoms with Crippen molar-refractivity contribution >= 4 is 22.7 Å². The van der Waals surface area contributed by atoms with Gasteiger partial charge in [0.25, 0.3) is 0 Å². The van der Waals surface area contributed by atoms with Crippen LogP contribution in [0.4, 0.5) is 0 Å². The van der Waals surface area contributed by atoms with Crippen molar-refractivity contribution in [3.8, 4) is 0 Å². The van der Waals surface area contributed by atoms with Crippen molar-refractivity contribution in [2.75, 3.05) is 22.3 Å². The van der Waals surface area contributed by atoms with E-state index in [0.29, 0.717) is 0 Å². The minimum atomic E-state index is 0.811. The van der Waals surface area contributed by atoms with Crippen LogP contribution in [-0.2, 0) is 10.9 Å². The lowest BCUT2D eigenvalue weighted by Crippen LogP contribution is -2.17. The third-order valence-corrected chi connectivity index (χ3v) is 5.64. The van der Waals surface area contributed by atoms with E-state index in [-0.39, 0.29) is 0 Å². The van der Waals surface area contributed by atoms with Gasteiger partial charge in [0.15, 0.2) is 5.08 Å². The molecule has 0 radical (unpaired) electrons. The van der Waals surface area contributed by atoms with E-state index in [0.717, 1.165) is 10.9 Å². The lowest BCUT2D eigenvalue weighted by Gasteiger charge is -2.10. The summed E-state index contributed by atoms with van der Waals surface area (Å²) in [4.78, 5) is 0. The second kappa shape index (κ2) is 3.67. The highest BCUT2D eigenvalue weighted by molar-refractivity contribution is 8.15. The zero-order valence-electron chi connectivity index (χ0n) is 5.35. The zero-order chi connectivity index (χ0) is 5.82. The summed E-state index contributed by atoms with van der Waals surface area (Å²) < 4.78 is 0. The molecule has 0 aromatic carbocycles. The second-order valence-corrected chi connectivity index (χ2v) is 5.95. The smallest absolute Gasteiger partial charge is 0.109 e. The molecule has 1 rings (SSSR count). The molecule has 1 atom stereocenters. The van der Waals surface area contributed by atoms with Gasteiger partial charge in [-0.3, -0.25) is 0 Å². The number of hydrogen-bond donors (Lipinski definition) is 0. The summed E-state index contributed by atoms with van der Waals surface area (Å²) in [5.74, 6) is 4.36. The molecule has 0 aliphatic carbocycles. The minimum absolute atomic E-state index is 0.811. The van der Waals surface area contributed by atoms with Gasteiger partial charge in [-0.25, -0.2) is 0 Å². The van der Waals surface area contributed by atoms with Crippen molar-refractivity contribution in [1.29, 1.82) is 0 Å². The highest BCUT2D eigenvalue weighted by atomic mass is 32.2. The van der Waals surface area contributed by atoms with E-state index >= 15 is 0 Å². The van der Waals surface area contributed by atoms with Crippen LogP contribution in [0.1, 0.15) is 13.3 Å². The van der Waals surface area contributed by atoms with Crippen LogP contribution >= 0.6 is 11.8 Å². The summed E-state index contributed by atoms with van der Waals surface area (Å²) in [6.07, 6.45) is 1.47. The fourth-order valence-corrected chi connectivity index (χ4v) is 4.75. The van der Waals surface area contributed by atoms with Crippen LogP contribution in [0.25, 0.3) is 0 Å². The van der Waals surface area contributed by atoms with Crippen molar-refractivity contribution in [3.05, 3.63) is 0 Å². The molecule has 0 N–H and O–H groups in total. The molecule has 1 aliphatic heterocycles. The van der Waals surface area contributed by atoms with Gasteiger partial charge in [-0.2, -0.15) is 0 Å². The van der Waals surface area contributed by atoms with Crippen LogP contribution in [0.5, 0.6) is 0 Å². The molecule has 0 nitrogen and oxygen atoms in total. The van der Waals surface area contributed by atoms with Crippen molar-refractivity contribution in [1.82, 2.24) is 0 Å². The summed E-state index contributed by atoms with van der Waals surface area (Å²) in [7, 11) is 0.811. The molecule has 1 fully saturated rings. The third-order valence-electron chi connectivity index (χ3n) is 1.38. The molecule has 1 saturated heterocycles. The van der Waals surface area contributed by atoms with Gasteiger partial charge in [-0.1, -0.05) is 0 Å². The Morgan fingerprint density at radius 3 is 2.88 bits per heavy atom. The average molecular weight is 149 g/mol. The standard InChI is InChI=1S/C6H13S2/c1-2-8-5-3-4-7-6-8/h2-6H2,1H3/q+1. The predicted molar refractivity (Wildman–Crippen MR) is 44.7 cm³/mol. The summed E-state index contributed by atoms with van der Waals surface area (Å²) >= 11 is 2.14. The molecule has 0 aromatic rings. The Hall–Kier alpha value is 0.700. The summed E-state index contributed by atoms with van der Waals surface area (Å²) in [6, 6.07) is 0. The predicted octanol–water partition coefficient (Wildman–Crippen LogP) is 1.72. The van der Waals surface area contributed by atoms with Crippen molar-refractivity contribution in [2.24, 2.45) is 0 Å². The van der Waals surface area contributed by atoms with Gasteiger partial charge in [0.05, 0.1) is 0 Å². The van der Waals surface area contributed by atoms with Crippen molar-refractivity contribution < 1.29 is 0 Å². The van der Waals surface area contributed by atoms with Crippen LogP contribution < -0.4 is 0 Å². The first-order chi connectivity index (χ1) is 3.93. The summed E-state index contributed by atoms with van der Waals surface area (Å²) in [5, 5.41) is 1.45. The molecule has 1 aliphatic rings. The first-order valence-corrected chi connectivity index (χ1v) is 6.04. The lowest BCUT2D eigenvalue weighted by molar-refractivity contribution is 1.10. The van der Waals surface area contributed by atoms with E-state index < -0.39 is 0 Å². The maximum atomic E-state index is 2.31. The van der Waals surface area contributed by atoms with E-state index in [2.05, 4.69) is 18.7 Å². The monoisotopic (exact) mass is 149 g/mol. The molecule has 48 valence electrons. The number of rotatable bonds is 1. The van der Waals surface area contributed by atoms with Gasteiger partial charge in [-0.15, -0.1) is 11.8 Å². The van der Waals surface area contributed by atoms with Crippen LogP contribution in [0.2, 0.25) is 0 Å². The first kappa shape index (κ1) is 6.81. The average Bonchev–Trinajstić information content (AvgIpc) is 1.90. The summed E-state index contributed by atoms with van der Waals surface area (Å²) in [6.45, 7) is 2.31. The molecule has 0 amide bonds. The van der Waals surface area contributed by atoms with Gasteiger partial charge < -0.3 is 0 Å². The molecule has 2 heteroatoms. The first-order valence-electron chi connectivity index (χ1n) is 3.15. The molecule has 0 bridgehead atoms. The molecule has 8 heavy (non-hydrogen) atoms. The van der Waals surface area contributed by atoms with Crippen LogP contribution in [0.15, 0.2) is 0 Å². The third kappa shape index (κ3) is 1.90. The highest BCUT2D eigenvalue weighted by Crippen LogP contribution is 2.17. The van der Waals surface area contributed by atoms with Gasteiger partial charge >= 0.3 is 0 Å².